The number of carboxylic acids is 1. The van der Waals surface area contributed by atoms with Crippen molar-refractivity contribution in [2.24, 2.45) is 0 Å². The number of carboxylic acid groups (broad SMARTS) is 1. The Balaban J connectivity index is 1.31. The number of benzene rings is 4. The topological polar surface area (TPSA) is 65.0 Å². The van der Waals surface area contributed by atoms with Crippen LogP contribution in [0.4, 0.5) is 0 Å². The summed E-state index contributed by atoms with van der Waals surface area (Å²) in [7, 11) is 1.41. The molecule has 2 unspecified atom stereocenters. The first-order chi connectivity index (χ1) is 20.6. The average molecular weight is 563 g/mol. The second-order valence-corrected chi connectivity index (χ2v) is 10.6. The van der Waals surface area contributed by atoms with E-state index in [1.165, 1.54) is 46.1 Å². The molecule has 0 saturated carbocycles. The maximum absolute atomic E-state index is 11.3. The summed E-state index contributed by atoms with van der Waals surface area (Å²) in [6, 6.07) is 31.3. The SMILES string of the molecule is CCc1ccc2c(c1)C(OCCOc1ccc(CC(OC)C(=O)O)cc1)c1cccc(CCc3ccccc3)c1C=C2. The molecule has 0 heterocycles. The van der Waals surface area contributed by atoms with Crippen LogP contribution in [0.15, 0.2) is 91.0 Å². The average Bonchev–Trinajstić information content (AvgIpc) is 3.18. The van der Waals surface area contributed by atoms with E-state index in [2.05, 4.69) is 85.8 Å². The monoisotopic (exact) mass is 562 g/mol. The lowest BCUT2D eigenvalue weighted by Crippen LogP contribution is -2.24. The highest BCUT2D eigenvalue weighted by molar-refractivity contribution is 5.78. The molecule has 2 atom stereocenters. The highest BCUT2D eigenvalue weighted by atomic mass is 16.5. The highest BCUT2D eigenvalue weighted by Gasteiger charge is 2.24. The molecule has 216 valence electrons. The van der Waals surface area contributed by atoms with Gasteiger partial charge in [0.15, 0.2) is 6.10 Å². The van der Waals surface area contributed by atoms with E-state index in [4.69, 9.17) is 14.2 Å². The molecule has 0 amide bonds. The number of carbonyl (C=O) groups is 1. The van der Waals surface area contributed by atoms with Crippen LogP contribution in [0.5, 0.6) is 5.75 Å². The van der Waals surface area contributed by atoms with Crippen molar-refractivity contribution in [2.45, 2.75) is 44.8 Å². The van der Waals surface area contributed by atoms with Gasteiger partial charge < -0.3 is 19.3 Å². The van der Waals surface area contributed by atoms with Gasteiger partial charge in [0.05, 0.1) is 6.61 Å². The summed E-state index contributed by atoms with van der Waals surface area (Å²) >= 11 is 0. The standard InChI is InChI=1S/C37H38O5/c1-3-26-12-16-30-18-21-32-29(17-13-27-8-5-4-6-9-27)10-7-11-33(32)36(34(30)24-26)42-23-22-41-31-19-14-28(15-20-31)25-35(40-2)37(38)39/h4-12,14-16,18-21,24,35-36H,3,13,17,22-23,25H2,1-2H3,(H,38,39). The Labute approximate surface area is 248 Å². The Bertz CT molecular complexity index is 1510. The quantitative estimate of drug-likeness (QED) is 0.173. The molecule has 1 N–H and O–H groups in total. The second kappa shape index (κ2) is 14.1. The van der Waals surface area contributed by atoms with Crippen LogP contribution < -0.4 is 4.74 Å². The zero-order valence-corrected chi connectivity index (χ0v) is 24.3. The van der Waals surface area contributed by atoms with Gasteiger partial charge in [-0.2, -0.15) is 0 Å². The molecule has 0 fully saturated rings. The minimum atomic E-state index is -0.971. The molecule has 0 bridgehead atoms. The van der Waals surface area contributed by atoms with Crippen LogP contribution in [0, 0.1) is 0 Å². The number of aryl methyl sites for hydroxylation is 3. The van der Waals surface area contributed by atoms with Gasteiger partial charge in [0.25, 0.3) is 0 Å². The lowest BCUT2D eigenvalue weighted by Gasteiger charge is -2.23. The molecule has 1 aliphatic rings. The van der Waals surface area contributed by atoms with E-state index in [9.17, 15) is 9.90 Å². The molecule has 1 aliphatic carbocycles. The Hall–Kier alpha value is -4.19. The van der Waals surface area contributed by atoms with Crippen molar-refractivity contribution in [1.29, 1.82) is 0 Å². The summed E-state index contributed by atoms with van der Waals surface area (Å²) in [6.07, 6.45) is 6.61. The van der Waals surface area contributed by atoms with Crippen LogP contribution in [0.25, 0.3) is 12.2 Å². The lowest BCUT2D eigenvalue weighted by molar-refractivity contribution is -0.148. The molecule has 4 aromatic rings. The molecular formula is C37H38O5. The molecule has 0 aliphatic heterocycles. The Morgan fingerprint density at radius 3 is 2.33 bits per heavy atom. The maximum Gasteiger partial charge on any atom is 0.333 e. The van der Waals surface area contributed by atoms with Crippen molar-refractivity contribution in [3.8, 4) is 5.75 Å². The summed E-state index contributed by atoms with van der Waals surface area (Å²) in [5, 5.41) is 9.23. The van der Waals surface area contributed by atoms with Crippen molar-refractivity contribution in [2.75, 3.05) is 20.3 Å². The first kappa shape index (κ1) is 29.3. The Morgan fingerprint density at radius 2 is 1.60 bits per heavy atom. The molecular weight excluding hydrogens is 524 g/mol. The fourth-order valence-electron chi connectivity index (χ4n) is 5.48. The number of ether oxygens (including phenoxy) is 3. The van der Waals surface area contributed by atoms with Crippen LogP contribution in [0.2, 0.25) is 0 Å². The second-order valence-electron chi connectivity index (χ2n) is 10.6. The van der Waals surface area contributed by atoms with Gasteiger partial charge in [-0.25, -0.2) is 4.79 Å². The van der Waals surface area contributed by atoms with Crippen molar-refractivity contribution in [3.63, 3.8) is 0 Å². The Kier molecular flexibility index (Phi) is 9.86. The molecule has 5 nitrogen and oxygen atoms in total. The largest absolute Gasteiger partial charge is 0.491 e. The van der Waals surface area contributed by atoms with Crippen LogP contribution in [0.3, 0.4) is 0 Å². The van der Waals surface area contributed by atoms with Gasteiger partial charge in [-0.3, -0.25) is 0 Å². The zero-order chi connectivity index (χ0) is 29.3. The van der Waals surface area contributed by atoms with Crippen molar-refractivity contribution >= 4 is 18.1 Å². The maximum atomic E-state index is 11.3. The van der Waals surface area contributed by atoms with Crippen molar-refractivity contribution < 1.29 is 24.1 Å². The fourth-order valence-corrected chi connectivity index (χ4v) is 5.48. The molecule has 0 saturated heterocycles. The van der Waals surface area contributed by atoms with Gasteiger partial charge in [-0.05, 0) is 75.9 Å². The minimum Gasteiger partial charge on any atom is -0.491 e. The van der Waals surface area contributed by atoms with E-state index in [-0.39, 0.29) is 6.10 Å². The van der Waals surface area contributed by atoms with Gasteiger partial charge >= 0.3 is 5.97 Å². The summed E-state index contributed by atoms with van der Waals surface area (Å²) in [5.74, 6) is -0.257. The molecule has 0 spiro atoms. The first-order valence-electron chi connectivity index (χ1n) is 14.6. The van der Waals surface area contributed by atoms with E-state index in [1.807, 2.05) is 24.3 Å². The number of hydrogen-bond acceptors (Lipinski definition) is 4. The summed E-state index contributed by atoms with van der Waals surface area (Å²) < 4.78 is 17.7. The molecule has 5 heteroatoms. The van der Waals surface area contributed by atoms with E-state index in [0.29, 0.717) is 25.4 Å². The van der Waals surface area contributed by atoms with Gasteiger partial charge in [-0.15, -0.1) is 0 Å². The van der Waals surface area contributed by atoms with Crippen LogP contribution >= 0.6 is 0 Å². The van der Waals surface area contributed by atoms with Gasteiger partial charge in [0, 0.05) is 13.5 Å². The van der Waals surface area contributed by atoms with Crippen molar-refractivity contribution in [1.82, 2.24) is 0 Å². The van der Waals surface area contributed by atoms with Crippen LogP contribution in [-0.2, 0) is 40.0 Å². The smallest absolute Gasteiger partial charge is 0.333 e. The van der Waals surface area contributed by atoms with Gasteiger partial charge in [-0.1, -0.05) is 97.9 Å². The number of methoxy groups -OCH3 is 1. The molecule has 0 aromatic heterocycles. The molecule has 5 rings (SSSR count). The number of hydrogen-bond donors (Lipinski definition) is 1. The first-order valence-corrected chi connectivity index (χ1v) is 14.6. The summed E-state index contributed by atoms with van der Waals surface area (Å²) in [5.41, 5.74) is 9.59. The number of aliphatic carboxylic acids is 1. The molecule has 42 heavy (non-hydrogen) atoms. The third-order valence-corrected chi connectivity index (χ3v) is 7.85. The van der Waals surface area contributed by atoms with Crippen LogP contribution in [0.1, 0.15) is 57.5 Å². The Morgan fingerprint density at radius 1 is 0.810 bits per heavy atom. The molecule has 4 aromatic carbocycles. The summed E-state index contributed by atoms with van der Waals surface area (Å²) in [4.78, 5) is 11.3. The third-order valence-electron chi connectivity index (χ3n) is 7.85. The van der Waals surface area contributed by atoms with Gasteiger partial charge in [0.2, 0.25) is 0 Å². The fraction of sp³-hybridized carbons (Fsp3) is 0.270. The van der Waals surface area contributed by atoms with Gasteiger partial charge in [0.1, 0.15) is 18.5 Å². The number of fused-ring (bicyclic) bond motifs is 2. The van der Waals surface area contributed by atoms with E-state index in [1.54, 1.807) is 0 Å². The predicted octanol–water partition coefficient (Wildman–Crippen LogP) is 7.35. The predicted molar refractivity (Wildman–Crippen MR) is 167 cm³/mol. The van der Waals surface area contributed by atoms with E-state index >= 15 is 0 Å². The highest BCUT2D eigenvalue weighted by Crippen LogP contribution is 2.37. The van der Waals surface area contributed by atoms with Crippen LogP contribution in [-0.4, -0.2) is 37.5 Å². The zero-order valence-electron chi connectivity index (χ0n) is 24.3. The normalized spacial score (nSPS) is 14.5. The number of rotatable bonds is 13. The molecule has 0 radical (unpaired) electrons. The third kappa shape index (κ3) is 7.17. The summed E-state index contributed by atoms with van der Waals surface area (Å²) in [6.45, 7) is 2.99. The minimum absolute atomic E-state index is 0.207. The van der Waals surface area contributed by atoms with E-state index in [0.717, 1.165) is 24.8 Å². The van der Waals surface area contributed by atoms with Crippen molar-refractivity contribution in [3.05, 3.63) is 136 Å². The lowest BCUT2D eigenvalue weighted by atomic mass is 9.91. The van der Waals surface area contributed by atoms with E-state index < -0.39 is 12.1 Å².